The molecule has 0 unspecified atom stereocenters. The summed E-state index contributed by atoms with van der Waals surface area (Å²) in [5.74, 6) is -1.54. The van der Waals surface area contributed by atoms with E-state index in [1.54, 1.807) is 6.07 Å². The first-order chi connectivity index (χ1) is 15.7. The molecule has 0 aliphatic carbocycles. The fourth-order valence-corrected chi connectivity index (χ4v) is 3.97. The van der Waals surface area contributed by atoms with Crippen LogP contribution in [0.5, 0.6) is 17.2 Å². The number of hydrazine groups is 1. The number of likely N-dealkylation sites (N-methyl/N-ethyl adjacent to an activating group) is 1. The number of sulfonamides is 1. The van der Waals surface area contributed by atoms with Crippen molar-refractivity contribution < 1.29 is 36.6 Å². The van der Waals surface area contributed by atoms with Crippen LogP contribution in [0, 0.1) is 5.82 Å². The third-order valence-electron chi connectivity index (χ3n) is 4.63. The molecule has 1 aliphatic heterocycles. The Hall–Kier alpha value is -3.38. The lowest BCUT2D eigenvalue weighted by Gasteiger charge is -2.19. The minimum absolute atomic E-state index is 0.0713. The molecule has 0 saturated heterocycles. The van der Waals surface area contributed by atoms with Gasteiger partial charge in [0, 0.05) is 19.5 Å². The molecule has 178 valence electrons. The molecule has 10 nitrogen and oxygen atoms in total. The van der Waals surface area contributed by atoms with Crippen LogP contribution < -0.4 is 25.1 Å². The summed E-state index contributed by atoms with van der Waals surface area (Å²) in [6.45, 7) is 1.66. The number of hydrogen-bond acceptors (Lipinski definition) is 7. The number of halogens is 1. The van der Waals surface area contributed by atoms with Gasteiger partial charge in [-0.3, -0.25) is 20.4 Å². The number of fused-ring (bicyclic) bond motifs is 1. The van der Waals surface area contributed by atoms with E-state index in [9.17, 15) is 22.4 Å². The van der Waals surface area contributed by atoms with E-state index in [1.807, 2.05) is 0 Å². The number of carbonyl (C=O) groups is 2. The molecule has 0 bridgehead atoms. The molecule has 2 N–H and O–H groups in total. The van der Waals surface area contributed by atoms with Gasteiger partial charge in [-0.25, -0.2) is 12.8 Å². The average Bonchev–Trinajstić information content (AvgIpc) is 3.03. The fraction of sp³-hybridized carbons (Fsp3) is 0.333. The van der Waals surface area contributed by atoms with Crippen LogP contribution in [0.1, 0.15) is 13.3 Å². The van der Waals surface area contributed by atoms with E-state index in [0.29, 0.717) is 31.1 Å². The molecule has 1 aliphatic rings. The first-order valence-corrected chi connectivity index (χ1v) is 11.5. The van der Waals surface area contributed by atoms with Gasteiger partial charge in [-0.1, -0.05) is 12.1 Å². The Morgan fingerprint density at radius 2 is 1.82 bits per heavy atom. The van der Waals surface area contributed by atoms with Gasteiger partial charge in [-0.15, -0.1) is 0 Å². The Kier molecular flexibility index (Phi) is 7.71. The van der Waals surface area contributed by atoms with Gasteiger partial charge in [0.2, 0.25) is 10.0 Å². The summed E-state index contributed by atoms with van der Waals surface area (Å²) in [7, 11) is -2.80. The Morgan fingerprint density at radius 1 is 1.12 bits per heavy atom. The number of para-hydroxylation sites is 1. The highest BCUT2D eigenvalue weighted by atomic mass is 32.2. The maximum atomic E-state index is 13.6. The van der Waals surface area contributed by atoms with Gasteiger partial charge in [-0.2, -0.15) is 4.31 Å². The number of ether oxygens (including phenoxy) is 3. The summed E-state index contributed by atoms with van der Waals surface area (Å²) >= 11 is 0. The zero-order valence-corrected chi connectivity index (χ0v) is 18.9. The van der Waals surface area contributed by atoms with Crippen LogP contribution in [0.25, 0.3) is 0 Å². The van der Waals surface area contributed by atoms with E-state index in [0.717, 1.165) is 4.31 Å². The molecule has 0 radical (unpaired) electrons. The lowest BCUT2D eigenvalue weighted by Crippen LogP contribution is -2.50. The van der Waals surface area contributed by atoms with Crippen LogP contribution >= 0.6 is 0 Å². The van der Waals surface area contributed by atoms with Crippen molar-refractivity contribution in [1.29, 1.82) is 0 Å². The minimum Gasteiger partial charge on any atom is -0.490 e. The molecule has 1 atom stereocenters. The summed E-state index contributed by atoms with van der Waals surface area (Å²) in [6.07, 6.45) is -0.447. The maximum absolute atomic E-state index is 13.6. The van der Waals surface area contributed by atoms with Gasteiger partial charge in [0.05, 0.1) is 24.7 Å². The van der Waals surface area contributed by atoms with Gasteiger partial charge >= 0.3 is 0 Å². The summed E-state index contributed by atoms with van der Waals surface area (Å²) in [5.41, 5.74) is 4.24. The van der Waals surface area contributed by atoms with Crippen molar-refractivity contribution in [3.8, 4) is 17.2 Å². The molecule has 0 saturated carbocycles. The third-order valence-corrected chi connectivity index (χ3v) is 6.43. The van der Waals surface area contributed by atoms with Crippen molar-refractivity contribution in [2.75, 3.05) is 26.8 Å². The molecule has 0 spiro atoms. The summed E-state index contributed by atoms with van der Waals surface area (Å²) in [5, 5.41) is 0. The molecule has 2 aromatic rings. The molecular weight excluding hydrogens is 457 g/mol. The summed E-state index contributed by atoms with van der Waals surface area (Å²) in [6, 6.07) is 9.76. The SMILES string of the molecule is C[C@H](Oc1ccccc1F)C(=O)NNC(=O)CN(C)S(=O)(=O)c1ccc2c(c1)OCCCO2. The largest absolute Gasteiger partial charge is 0.490 e. The van der Waals surface area contributed by atoms with Gasteiger partial charge in [-0.05, 0) is 31.2 Å². The average molecular weight is 482 g/mol. The van der Waals surface area contributed by atoms with E-state index in [1.165, 1.54) is 50.4 Å². The molecule has 33 heavy (non-hydrogen) atoms. The Labute approximate surface area is 190 Å². The van der Waals surface area contributed by atoms with Crippen molar-refractivity contribution in [2.24, 2.45) is 0 Å². The number of nitrogens with one attached hydrogen (secondary N) is 2. The predicted molar refractivity (Wildman–Crippen MR) is 115 cm³/mol. The van der Waals surface area contributed by atoms with Gasteiger partial charge in [0.25, 0.3) is 11.8 Å². The Balaban J connectivity index is 1.54. The normalized spacial score (nSPS) is 14.2. The molecule has 12 heteroatoms. The molecular formula is C21H24FN3O7S. The van der Waals surface area contributed by atoms with Crippen LogP contribution in [0.3, 0.4) is 0 Å². The van der Waals surface area contributed by atoms with Crippen molar-refractivity contribution in [1.82, 2.24) is 15.2 Å². The minimum atomic E-state index is -4.02. The highest BCUT2D eigenvalue weighted by Gasteiger charge is 2.25. The van der Waals surface area contributed by atoms with E-state index < -0.39 is 40.3 Å². The monoisotopic (exact) mass is 481 g/mol. The lowest BCUT2D eigenvalue weighted by molar-refractivity contribution is -0.132. The third kappa shape index (κ3) is 6.11. The van der Waals surface area contributed by atoms with Crippen molar-refractivity contribution in [3.05, 3.63) is 48.3 Å². The molecule has 2 amide bonds. The van der Waals surface area contributed by atoms with E-state index >= 15 is 0 Å². The first-order valence-electron chi connectivity index (χ1n) is 10.0. The second kappa shape index (κ2) is 10.5. The molecule has 0 aromatic heterocycles. The van der Waals surface area contributed by atoms with Crippen molar-refractivity contribution >= 4 is 21.8 Å². The smallest absolute Gasteiger partial charge is 0.279 e. The Bertz CT molecular complexity index is 1130. The number of hydrogen-bond donors (Lipinski definition) is 2. The lowest BCUT2D eigenvalue weighted by atomic mass is 10.3. The fourth-order valence-electron chi connectivity index (χ4n) is 2.83. The van der Waals surface area contributed by atoms with Crippen LogP contribution in [-0.2, 0) is 19.6 Å². The quantitative estimate of drug-likeness (QED) is 0.570. The summed E-state index contributed by atoms with van der Waals surface area (Å²) in [4.78, 5) is 24.2. The number of rotatable bonds is 7. The Morgan fingerprint density at radius 3 is 2.55 bits per heavy atom. The number of benzene rings is 2. The summed E-state index contributed by atoms with van der Waals surface area (Å²) < 4.78 is 56.3. The highest BCUT2D eigenvalue weighted by Crippen LogP contribution is 2.32. The number of carbonyl (C=O) groups excluding carboxylic acids is 2. The molecule has 1 heterocycles. The zero-order chi connectivity index (χ0) is 24.0. The van der Waals surface area contributed by atoms with Crippen LogP contribution in [-0.4, -0.2) is 57.4 Å². The molecule has 2 aromatic carbocycles. The molecule has 0 fully saturated rings. The second-order valence-corrected chi connectivity index (χ2v) is 9.19. The predicted octanol–water partition coefficient (Wildman–Crippen LogP) is 1.22. The first kappa shape index (κ1) is 24.3. The topological polar surface area (TPSA) is 123 Å². The highest BCUT2D eigenvalue weighted by molar-refractivity contribution is 7.89. The zero-order valence-electron chi connectivity index (χ0n) is 18.0. The van der Waals surface area contributed by atoms with Crippen LogP contribution in [0.15, 0.2) is 47.4 Å². The van der Waals surface area contributed by atoms with E-state index in [2.05, 4.69) is 10.9 Å². The van der Waals surface area contributed by atoms with E-state index in [-0.39, 0.29) is 10.6 Å². The van der Waals surface area contributed by atoms with Crippen molar-refractivity contribution in [2.45, 2.75) is 24.3 Å². The van der Waals surface area contributed by atoms with Gasteiger partial charge < -0.3 is 14.2 Å². The standard InChI is InChI=1S/C21H24FN3O7S/c1-14(32-17-7-4-3-6-16(17)22)21(27)24-23-20(26)13-25(2)33(28,29)15-8-9-18-19(12-15)31-11-5-10-30-18/h3-4,6-9,12,14H,5,10-11,13H2,1-2H3,(H,23,26)(H,24,27)/t14-/m0/s1. The maximum Gasteiger partial charge on any atom is 0.279 e. The van der Waals surface area contributed by atoms with Gasteiger partial charge in [0.1, 0.15) is 0 Å². The van der Waals surface area contributed by atoms with Crippen molar-refractivity contribution in [3.63, 3.8) is 0 Å². The molecule has 3 rings (SSSR count). The second-order valence-electron chi connectivity index (χ2n) is 7.15. The number of nitrogens with zero attached hydrogens (tertiary/aromatic N) is 1. The van der Waals surface area contributed by atoms with E-state index in [4.69, 9.17) is 14.2 Å². The van der Waals surface area contributed by atoms with Crippen LogP contribution in [0.4, 0.5) is 4.39 Å². The van der Waals surface area contributed by atoms with Gasteiger partial charge in [0.15, 0.2) is 29.2 Å². The number of amides is 2. The van der Waals surface area contributed by atoms with Crippen LogP contribution in [0.2, 0.25) is 0 Å².